The Kier molecular flexibility index (Phi) is 41.2. The Morgan fingerprint density at radius 3 is 1.44 bits per heavy atom. The van der Waals surface area contributed by atoms with Crippen LogP contribution in [0.2, 0.25) is 0 Å². The van der Waals surface area contributed by atoms with Gasteiger partial charge in [-0.2, -0.15) is 0 Å². The average molecular weight is 1650 g/mol. The third kappa shape index (κ3) is 39.0. The van der Waals surface area contributed by atoms with Gasteiger partial charge in [-0.1, -0.05) is 63.9 Å². The van der Waals surface area contributed by atoms with Gasteiger partial charge in [0, 0.05) is 52.0 Å². The zero-order valence-corrected chi connectivity index (χ0v) is 69.9. The van der Waals surface area contributed by atoms with E-state index < -0.39 is 261 Å². The molecule has 14 atom stereocenters. The maximum Gasteiger partial charge on any atom is 0.407 e. The summed E-state index contributed by atoms with van der Waals surface area (Å²) >= 11 is 0. The number of nitrogens with two attached hydrogens (primary N) is 1. The zero-order valence-electron chi connectivity index (χ0n) is 69.9. The Morgan fingerprint density at radius 1 is 0.534 bits per heavy atom. The zero-order chi connectivity index (χ0) is 87.6. The van der Waals surface area contributed by atoms with Crippen molar-refractivity contribution in [3.8, 4) is 0 Å². The summed E-state index contributed by atoms with van der Waals surface area (Å²) in [6.45, 7) is 24.0. The highest BCUT2D eigenvalue weighted by Gasteiger charge is 2.44. The van der Waals surface area contributed by atoms with E-state index in [-0.39, 0.29) is 44.7 Å². The van der Waals surface area contributed by atoms with Gasteiger partial charge in [-0.3, -0.25) is 57.5 Å². The number of carbonyl (C=O) groups excluding carboxylic acids is 16. The number of benzene rings is 1. The average Bonchev–Trinajstić information content (AvgIpc) is 1.59. The number of hydrogen-bond donors (Lipinski definition) is 17. The lowest BCUT2D eigenvalue weighted by Crippen LogP contribution is -2.62. The number of unbranched alkanes of at least 4 members (excludes halogenated alkanes) is 2. The minimum absolute atomic E-state index is 0.0302. The third-order valence-electron chi connectivity index (χ3n) is 17.1. The molecule has 0 saturated carbocycles. The van der Waals surface area contributed by atoms with Crippen LogP contribution in [-0.4, -0.2) is 246 Å². The molecule has 2 aliphatic heterocycles. The number of rotatable bonds is 32. The lowest BCUT2D eigenvalue weighted by Gasteiger charge is -2.29. The summed E-state index contributed by atoms with van der Waals surface area (Å²) in [6, 6.07) is -7.94. The number of esters is 2. The van der Waals surface area contributed by atoms with E-state index in [0.717, 1.165) is 26.7 Å². The molecule has 39 heteroatoms. The summed E-state index contributed by atoms with van der Waals surface area (Å²) in [6.07, 6.45) is -10.2. The van der Waals surface area contributed by atoms with Crippen molar-refractivity contribution in [3.63, 3.8) is 0 Å². The number of alkyl carbamates (subject to hydrolysis) is 4. The minimum atomic E-state index is -1.99. The van der Waals surface area contributed by atoms with Crippen molar-refractivity contribution in [2.45, 2.75) is 302 Å². The summed E-state index contributed by atoms with van der Waals surface area (Å²) in [5.74, 6) is -15.2. The molecular weight excluding hydrogens is 1520 g/mol. The van der Waals surface area contributed by atoms with Crippen LogP contribution < -0.4 is 80.2 Å². The number of hydrogen-bond acceptors (Lipinski definition) is 25. The number of aliphatic hydroxyl groups is 2. The molecule has 2 fully saturated rings. The summed E-state index contributed by atoms with van der Waals surface area (Å²) in [5, 5.41) is 57.5. The highest BCUT2D eigenvalue weighted by atomic mass is 16.6. The Morgan fingerprint density at radius 2 is 0.983 bits per heavy atom. The first kappa shape index (κ1) is 100. The Labute approximate surface area is 677 Å². The van der Waals surface area contributed by atoms with E-state index in [4.69, 9.17) is 34.2 Å². The van der Waals surface area contributed by atoms with Gasteiger partial charge in [-0.15, -0.1) is 0 Å². The molecule has 116 heavy (non-hydrogen) atoms. The van der Waals surface area contributed by atoms with Crippen LogP contribution >= 0.6 is 0 Å². The van der Waals surface area contributed by atoms with Gasteiger partial charge >= 0.3 is 36.3 Å². The molecule has 1 aromatic rings. The third-order valence-corrected chi connectivity index (χ3v) is 17.1. The monoisotopic (exact) mass is 1650 g/mol. The predicted octanol–water partition coefficient (Wildman–Crippen LogP) is 0.352. The van der Waals surface area contributed by atoms with Crippen molar-refractivity contribution >= 4 is 95.4 Å². The van der Waals surface area contributed by atoms with Crippen molar-refractivity contribution in [1.82, 2.24) is 74.4 Å². The van der Waals surface area contributed by atoms with Crippen molar-refractivity contribution in [1.29, 1.82) is 0 Å². The fourth-order valence-electron chi connectivity index (χ4n) is 11.6. The topological polar surface area (TPSA) is 563 Å². The molecule has 0 radical (unpaired) electrons. The molecule has 1 aromatic carbocycles. The van der Waals surface area contributed by atoms with E-state index in [1.54, 1.807) is 127 Å². The minimum Gasteiger partial charge on any atom is -0.462 e. The standard InChI is InChI=1S/C77H127N15O24/c1-18-19-21-26-46-41-47(68(105)111-46)69(106)112-55(27-33-78)65(102)92-57(44(5)94)67(104)88-51(31-37-82-72(109)115-76(12,13)14)60(97)84-48-28-34-79-66(103)56(43(4)93)91-62(99)52(32-38-83-73(110)116-77(15,16)17)86-59(96)49(29-35-80-70(107)113-74(6,7)8)87-63(100)53(39-42(2)3)89-64(101)54(40-45-24-22-20-23-25-45)90-61(98)50(85-58(48)95)30-36-81-71(108)114-75(9,10)11/h20,22-25,42-44,46-57,93-94H,18-19,21,26-41,78H2,1-17H3,(H,79,103)(H,80,107)(H,81,108)(H,82,109)(H,83,110)(H,84,97)(H,85,95)(H,86,96)(H,87,100)(H,88,104)(H,89,101)(H,90,98)(H,91,99)(H,92,102)/t43-,44?,46?,47?,48-,49-,50-,51-,52-,53-,54+,55-,56-,57-/m0/s1. The van der Waals surface area contributed by atoms with Gasteiger partial charge < -0.3 is 119 Å². The van der Waals surface area contributed by atoms with Crippen LogP contribution in [0.3, 0.4) is 0 Å². The molecule has 3 unspecified atom stereocenters. The maximum atomic E-state index is 15.3. The van der Waals surface area contributed by atoms with Crippen molar-refractivity contribution in [2.75, 3.05) is 39.3 Å². The molecule has 0 aliphatic carbocycles. The highest BCUT2D eigenvalue weighted by molar-refractivity contribution is 6.00. The van der Waals surface area contributed by atoms with Crippen LogP contribution in [0.1, 0.15) is 200 Å². The van der Waals surface area contributed by atoms with Gasteiger partial charge in [-0.05, 0) is 166 Å². The van der Waals surface area contributed by atoms with E-state index in [0.29, 0.717) is 18.4 Å². The van der Waals surface area contributed by atoms with E-state index in [1.807, 2.05) is 6.92 Å². The maximum absolute atomic E-state index is 15.3. The predicted molar refractivity (Wildman–Crippen MR) is 419 cm³/mol. The van der Waals surface area contributed by atoms with Gasteiger partial charge in [0.1, 0.15) is 82.9 Å². The molecule has 2 saturated heterocycles. The molecule has 2 heterocycles. The molecule has 0 aromatic heterocycles. The highest BCUT2D eigenvalue weighted by Crippen LogP contribution is 2.27. The van der Waals surface area contributed by atoms with Crippen LogP contribution in [0.25, 0.3) is 0 Å². The molecule has 39 nitrogen and oxygen atoms in total. The lowest BCUT2D eigenvalue weighted by atomic mass is 10.00. The molecule has 654 valence electrons. The van der Waals surface area contributed by atoms with Gasteiger partial charge in [0.05, 0.1) is 12.2 Å². The van der Waals surface area contributed by atoms with E-state index in [9.17, 15) is 67.7 Å². The molecule has 0 bridgehead atoms. The van der Waals surface area contributed by atoms with Crippen LogP contribution in [0.15, 0.2) is 30.3 Å². The Balaban J connectivity index is 2.36. The van der Waals surface area contributed by atoms with Gasteiger partial charge in [-0.25, -0.2) is 19.2 Å². The van der Waals surface area contributed by atoms with Crippen LogP contribution in [0, 0.1) is 11.8 Å². The van der Waals surface area contributed by atoms with Crippen molar-refractivity contribution < 1.29 is 115 Å². The summed E-state index contributed by atoms with van der Waals surface area (Å²) in [7, 11) is 0. The van der Waals surface area contributed by atoms with Crippen LogP contribution in [0.5, 0.6) is 0 Å². The smallest absolute Gasteiger partial charge is 0.407 e. The Bertz CT molecular complexity index is 3480. The molecule has 3 rings (SSSR count). The second kappa shape index (κ2) is 47.8. The fourth-order valence-corrected chi connectivity index (χ4v) is 11.6. The number of cyclic esters (lactones) is 1. The van der Waals surface area contributed by atoms with Crippen LogP contribution in [0.4, 0.5) is 19.2 Å². The van der Waals surface area contributed by atoms with Crippen molar-refractivity contribution in [3.05, 3.63) is 35.9 Å². The lowest BCUT2D eigenvalue weighted by molar-refractivity contribution is -0.164. The fraction of sp³-hybridized carbons (Fsp3) is 0.714. The van der Waals surface area contributed by atoms with Gasteiger partial charge in [0.15, 0.2) is 12.0 Å². The molecule has 2 aliphatic rings. The first-order valence-electron chi connectivity index (χ1n) is 39.4. The number of amides is 14. The second-order valence-electron chi connectivity index (χ2n) is 33.0. The summed E-state index contributed by atoms with van der Waals surface area (Å²) < 4.78 is 32.5. The number of aliphatic hydroxyl groups excluding tert-OH is 2. The van der Waals surface area contributed by atoms with E-state index >= 15 is 19.2 Å². The first-order chi connectivity index (χ1) is 54.0. The van der Waals surface area contributed by atoms with Crippen LogP contribution in [-0.2, 0) is 92.4 Å². The van der Waals surface area contributed by atoms with Crippen molar-refractivity contribution in [2.24, 2.45) is 17.6 Å². The molecule has 14 amide bonds. The normalized spacial score (nSPS) is 21.8. The van der Waals surface area contributed by atoms with E-state index in [1.165, 1.54) is 0 Å². The summed E-state index contributed by atoms with van der Waals surface area (Å²) in [4.78, 5) is 227. The molecule has 18 N–H and O–H groups in total. The Hall–Kier alpha value is -10.2. The molecular formula is C77H127N15O24. The quantitative estimate of drug-likeness (QED) is 0.0200. The van der Waals surface area contributed by atoms with E-state index in [2.05, 4.69) is 74.4 Å². The first-order valence-corrected chi connectivity index (χ1v) is 39.4. The largest absolute Gasteiger partial charge is 0.462 e. The number of nitrogens with one attached hydrogen (secondary N) is 14. The van der Waals surface area contributed by atoms with Gasteiger partial charge in [0.25, 0.3) is 5.91 Å². The number of ether oxygens (including phenoxy) is 6. The second-order valence-corrected chi connectivity index (χ2v) is 33.0. The SMILES string of the molecule is CCCCCC1CC(C(=O)O[C@@H](CCN)C(=O)N[C@H](C(=O)N[C@@H](CCNC(=O)OC(C)(C)C)C(=O)N[C@H]2CCNC(=O)[C@H]([C@H](C)O)NC(=O)[C@H](CCNC(=O)OC(C)(C)C)NC(=O)[C@H](CCNC(=O)OC(C)(C)C)NC(=O)[C@H](CC(C)C)NC(=O)[C@@H](Cc3ccccc3)NC(=O)[C@H](CCNC(=O)OC(C)(C)C)NC2=O)C(C)O)C(=O)O1. The molecule has 0 spiro atoms. The number of carbonyl (C=O) groups is 16. The summed E-state index contributed by atoms with van der Waals surface area (Å²) in [5.41, 5.74) is 2.25. The van der Waals surface area contributed by atoms with Gasteiger partial charge in [0.2, 0.25) is 53.2 Å².